The minimum atomic E-state index is -0.245. The lowest BCUT2D eigenvalue weighted by Crippen LogP contribution is -2.23. The Morgan fingerprint density at radius 2 is 2.12 bits per heavy atom. The van der Waals surface area contributed by atoms with Crippen molar-refractivity contribution >= 4 is 11.4 Å². The van der Waals surface area contributed by atoms with Gasteiger partial charge in [-0.2, -0.15) is 0 Å². The van der Waals surface area contributed by atoms with Gasteiger partial charge in [0.05, 0.1) is 11.4 Å². The number of anilines is 2. The second-order valence-corrected chi connectivity index (χ2v) is 4.04. The number of halogens is 1. The fraction of sp³-hybridized carbons (Fsp3) is 0.500. The van der Waals surface area contributed by atoms with Crippen LogP contribution in [0.3, 0.4) is 0 Å². The molecule has 1 aromatic carbocycles. The normalized spacial score (nSPS) is 10.5. The minimum Gasteiger partial charge on any atom is -0.397 e. The van der Waals surface area contributed by atoms with E-state index >= 15 is 0 Å². The van der Waals surface area contributed by atoms with Gasteiger partial charge in [-0.3, -0.25) is 0 Å². The van der Waals surface area contributed by atoms with Gasteiger partial charge in [-0.05, 0) is 44.6 Å². The van der Waals surface area contributed by atoms with E-state index in [9.17, 15) is 4.39 Å². The van der Waals surface area contributed by atoms with Crippen LogP contribution in [0.2, 0.25) is 0 Å². The molecule has 0 aliphatic carbocycles. The quantitative estimate of drug-likeness (QED) is 0.592. The molecule has 0 aliphatic heterocycles. The van der Waals surface area contributed by atoms with Gasteiger partial charge in [0.15, 0.2) is 0 Å². The van der Waals surface area contributed by atoms with Crippen LogP contribution in [0.4, 0.5) is 15.8 Å². The van der Waals surface area contributed by atoms with Gasteiger partial charge in [0.2, 0.25) is 0 Å². The van der Waals surface area contributed by atoms with E-state index in [1.165, 1.54) is 6.07 Å². The summed E-state index contributed by atoms with van der Waals surface area (Å²) in [5.41, 5.74) is 7.82. The number of benzene rings is 1. The lowest BCUT2D eigenvalue weighted by atomic mass is 10.1. The third-order valence-corrected chi connectivity index (χ3v) is 2.64. The summed E-state index contributed by atoms with van der Waals surface area (Å²) >= 11 is 0. The molecule has 0 atom stereocenters. The van der Waals surface area contributed by atoms with Crippen LogP contribution in [0.5, 0.6) is 0 Å². The Bertz CT molecular complexity index is 352. The first-order chi connectivity index (χ1) is 7.56. The summed E-state index contributed by atoms with van der Waals surface area (Å²) in [6.45, 7) is 3.61. The number of aryl methyl sites for hydroxylation is 1. The SMILES string of the molecule is CNCCCN(C)c1cc(C)c(F)cc1N. The summed E-state index contributed by atoms with van der Waals surface area (Å²) in [5, 5.41) is 3.09. The Kier molecular flexibility index (Phi) is 4.55. The first-order valence-electron chi connectivity index (χ1n) is 5.47. The maximum Gasteiger partial charge on any atom is 0.128 e. The smallest absolute Gasteiger partial charge is 0.128 e. The Balaban J connectivity index is 2.75. The molecule has 0 amide bonds. The second-order valence-electron chi connectivity index (χ2n) is 4.04. The Labute approximate surface area is 96.4 Å². The van der Waals surface area contributed by atoms with Crippen LogP contribution in [-0.4, -0.2) is 27.2 Å². The van der Waals surface area contributed by atoms with Crippen molar-refractivity contribution in [1.29, 1.82) is 0 Å². The van der Waals surface area contributed by atoms with E-state index in [2.05, 4.69) is 10.2 Å². The lowest BCUT2D eigenvalue weighted by Gasteiger charge is -2.21. The third kappa shape index (κ3) is 3.10. The molecule has 3 N–H and O–H groups in total. The molecule has 16 heavy (non-hydrogen) atoms. The number of nitrogen functional groups attached to an aromatic ring is 1. The van der Waals surface area contributed by atoms with Crippen molar-refractivity contribution in [3.05, 3.63) is 23.5 Å². The zero-order chi connectivity index (χ0) is 12.1. The highest BCUT2D eigenvalue weighted by Crippen LogP contribution is 2.25. The zero-order valence-electron chi connectivity index (χ0n) is 10.2. The fourth-order valence-electron chi connectivity index (χ4n) is 1.63. The molecule has 0 aliphatic rings. The number of hydrogen-bond acceptors (Lipinski definition) is 3. The van der Waals surface area contributed by atoms with Crippen LogP contribution in [0.15, 0.2) is 12.1 Å². The van der Waals surface area contributed by atoms with Gasteiger partial charge >= 0.3 is 0 Å². The van der Waals surface area contributed by atoms with E-state index in [1.54, 1.807) is 13.0 Å². The summed E-state index contributed by atoms with van der Waals surface area (Å²) in [7, 11) is 3.90. The number of nitrogens with two attached hydrogens (primary N) is 1. The molecule has 0 unspecified atom stereocenters. The maximum atomic E-state index is 13.2. The summed E-state index contributed by atoms with van der Waals surface area (Å²) in [6, 6.07) is 3.18. The molecular weight excluding hydrogens is 205 g/mol. The van der Waals surface area contributed by atoms with E-state index in [1.807, 2.05) is 14.1 Å². The largest absolute Gasteiger partial charge is 0.397 e. The summed E-state index contributed by atoms with van der Waals surface area (Å²) in [4.78, 5) is 2.05. The van der Waals surface area contributed by atoms with Gasteiger partial charge in [0, 0.05) is 13.6 Å². The first kappa shape index (κ1) is 12.8. The molecule has 0 bridgehead atoms. The van der Waals surface area contributed by atoms with Crippen LogP contribution in [0.1, 0.15) is 12.0 Å². The average Bonchev–Trinajstić information content (AvgIpc) is 2.23. The van der Waals surface area contributed by atoms with Crippen LogP contribution in [-0.2, 0) is 0 Å². The van der Waals surface area contributed by atoms with Crippen LogP contribution >= 0.6 is 0 Å². The highest BCUT2D eigenvalue weighted by molar-refractivity contribution is 5.68. The lowest BCUT2D eigenvalue weighted by molar-refractivity contribution is 0.619. The Morgan fingerprint density at radius 1 is 1.44 bits per heavy atom. The molecule has 0 aromatic heterocycles. The van der Waals surface area contributed by atoms with Crippen molar-refractivity contribution in [2.75, 3.05) is 37.8 Å². The van der Waals surface area contributed by atoms with E-state index in [4.69, 9.17) is 5.73 Å². The standard InChI is InChI=1S/C12H20FN3/c1-9-7-12(11(14)8-10(9)13)16(3)6-4-5-15-2/h7-8,15H,4-6,14H2,1-3H3. The molecule has 0 fully saturated rings. The van der Waals surface area contributed by atoms with Gasteiger partial charge in [-0.15, -0.1) is 0 Å². The predicted molar refractivity (Wildman–Crippen MR) is 67.4 cm³/mol. The van der Waals surface area contributed by atoms with Crippen molar-refractivity contribution in [2.24, 2.45) is 0 Å². The van der Waals surface area contributed by atoms with Crippen molar-refractivity contribution < 1.29 is 4.39 Å². The van der Waals surface area contributed by atoms with Crippen LogP contribution in [0.25, 0.3) is 0 Å². The van der Waals surface area contributed by atoms with Crippen LogP contribution in [0, 0.1) is 12.7 Å². The summed E-state index contributed by atoms with van der Waals surface area (Å²) in [5.74, 6) is -0.245. The fourth-order valence-corrected chi connectivity index (χ4v) is 1.63. The average molecular weight is 225 g/mol. The number of rotatable bonds is 5. The maximum absolute atomic E-state index is 13.2. The van der Waals surface area contributed by atoms with Gasteiger partial charge < -0.3 is 16.0 Å². The number of hydrogen-bond donors (Lipinski definition) is 2. The van der Waals surface area contributed by atoms with E-state index in [0.717, 1.165) is 25.2 Å². The molecule has 0 radical (unpaired) electrons. The van der Waals surface area contributed by atoms with Crippen molar-refractivity contribution in [3.63, 3.8) is 0 Å². The molecule has 1 aromatic rings. The monoisotopic (exact) mass is 225 g/mol. The molecule has 90 valence electrons. The Hall–Kier alpha value is -1.29. The van der Waals surface area contributed by atoms with Gasteiger partial charge in [-0.1, -0.05) is 0 Å². The van der Waals surface area contributed by atoms with E-state index in [0.29, 0.717) is 11.3 Å². The number of nitrogens with zero attached hydrogens (tertiary/aromatic N) is 1. The van der Waals surface area contributed by atoms with E-state index in [-0.39, 0.29) is 5.82 Å². The third-order valence-electron chi connectivity index (χ3n) is 2.64. The Morgan fingerprint density at radius 3 is 2.75 bits per heavy atom. The first-order valence-corrected chi connectivity index (χ1v) is 5.47. The number of nitrogens with one attached hydrogen (secondary N) is 1. The topological polar surface area (TPSA) is 41.3 Å². The highest BCUT2D eigenvalue weighted by Gasteiger charge is 2.08. The zero-order valence-corrected chi connectivity index (χ0v) is 10.2. The predicted octanol–water partition coefficient (Wildman–Crippen LogP) is 1.76. The van der Waals surface area contributed by atoms with Crippen molar-refractivity contribution in [3.8, 4) is 0 Å². The molecule has 1 rings (SSSR count). The van der Waals surface area contributed by atoms with Gasteiger partial charge in [0.25, 0.3) is 0 Å². The molecule has 0 saturated heterocycles. The molecule has 0 spiro atoms. The molecule has 0 heterocycles. The highest BCUT2D eigenvalue weighted by atomic mass is 19.1. The summed E-state index contributed by atoms with van der Waals surface area (Å²) in [6.07, 6.45) is 1.03. The minimum absolute atomic E-state index is 0.245. The molecule has 3 nitrogen and oxygen atoms in total. The van der Waals surface area contributed by atoms with E-state index < -0.39 is 0 Å². The summed E-state index contributed by atoms with van der Waals surface area (Å²) < 4.78 is 13.2. The molecular formula is C12H20FN3. The van der Waals surface area contributed by atoms with Crippen LogP contribution < -0.4 is 16.0 Å². The van der Waals surface area contributed by atoms with Gasteiger partial charge in [0.1, 0.15) is 5.82 Å². The van der Waals surface area contributed by atoms with Crippen molar-refractivity contribution in [1.82, 2.24) is 5.32 Å². The molecule has 4 heteroatoms. The van der Waals surface area contributed by atoms with Crippen molar-refractivity contribution in [2.45, 2.75) is 13.3 Å². The van der Waals surface area contributed by atoms with Gasteiger partial charge in [-0.25, -0.2) is 4.39 Å². The second kappa shape index (κ2) is 5.70. The molecule has 0 saturated carbocycles.